The third kappa shape index (κ3) is 2.41. The maximum atomic E-state index is 10.6. The van der Waals surface area contributed by atoms with Gasteiger partial charge in [-0.2, -0.15) is 5.10 Å². The summed E-state index contributed by atoms with van der Waals surface area (Å²) in [4.78, 5) is 10.6. The van der Waals surface area contributed by atoms with Crippen molar-refractivity contribution in [2.45, 2.75) is 6.42 Å². The van der Waals surface area contributed by atoms with Crippen LogP contribution in [0.1, 0.15) is 22.5 Å². The Kier molecular flexibility index (Phi) is 3.22. The van der Waals surface area contributed by atoms with Gasteiger partial charge in [0.1, 0.15) is 0 Å². The number of nitrogens with zero attached hydrogens (tertiary/aromatic N) is 1. The molecule has 5 heteroatoms. The Morgan fingerprint density at radius 2 is 2.54 bits per heavy atom. The molecule has 0 atom stereocenters. The van der Waals surface area contributed by atoms with E-state index in [0.717, 1.165) is 6.42 Å². The van der Waals surface area contributed by atoms with Crippen LogP contribution in [0.4, 0.5) is 0 Å². The zero-order valence-electron chi connectivity index (χ0n) is 7.03. The van der Waals surface area contributed by atoms with Crippen molar-refractivity contribution in [1.29, 1.82) is 0 Å². The quantitative estimate of drug-likeness (QED) is 0.629. The van der Waals surface area contributed by atoms with E-state index in [1.54, 1.807) is 6.08 Å². The first-order chi connectivity index (χ1) is 6.25. The summed E-state index contributed by atoms with van der Waals surface area (Å²) in [6.07, 6.45) is 5.71. The average molecular weight is 181 g/mol. The number of carboxylic acid groups (broad SMARTS) is 1. The third-order valence-corrected chi connectivity index (χ3v) is 1.51. The molecule has 13 heavy (non-hydrogen) atoms. The van der Waals surface area contributed by atoms with Gasteiger partial charge in [-0.3, -0.25) is 5.10 Å². The summed E-state index contributed by atoms with van der Waals surface area (Å²) >= 11 is 0. The number of aromatic amines is 1. The number of nitrogens with one attached hydrogen (secondary N) is 1. The molecule has 0 saturated heterocycles. The summed E-state index contributed by atoms with van der Waals surface area (Å²) in [6, 6.07) is 0. The van der Waals surface area contributed by atoms with Crippen LogP contribution in [-0.2, 0) is 0 Å². The smallest absolute Gasteiger partial charge is 0.354 e. The van der Waals surface area contributed by atoms with Crippen molar-refractivity contribution in [3.05, 3.63) is 23.5 Å². The normalized spacial score (nSPS) is 10.8. The van der Waals surface area contributed by atoms with Gasteiger partial charge in [0, 0.05) is 5.56 Å². The van der Waals surface area contributed by atoms with E-state index in [0.29, 0.717) is 12.1 Å². The lowest BCUT2D eigenvalue weighted by Crippen LogP contribution is -1.99. The molecule has 1 aromatic rings. The summed E-state index contributed by atoms with van der Waals surface area (Å²) in [5.74, 6) is -1.01. The summed E-state index contributed by atoms with van der Waals surface area (Å²) in [6.45, 7) is 0.552. The number of aromatic carboxylic acids is 1. The van der Waals surface area contributed by atoms with Crippen molar-refractivity contribution in [2.75, 3.05) is 6.54 Å². The highest BCUT2D eigenvalue weighted by atomic mass is 16.4. The molecule has 0 aliphatic rings. The van der Waals surface area contributed by atoms with Crippen LogP contribution in [-0.4, -0.2) is 27.8 Å². The van der Waals surface area contributed by atoms with Crippen LogP contribution in [0.25, 0.3) is 6.08 Å². The summed E-state index contributed by atoms with van der Waals surface area (Å²) in [5, 5.41) is 14.7. The number of hydrogen-bond acceptors (Lipinski definition) is 3. The Balaban J connectivity index is 2.76. The molecule has 1 heterocycles. The molecule has 0 spiro atoms. The highest BCUT2D eigenvalue weighted by Gasteiger charge is 2.08. The van der Waals surface area contributed by atoms with Crippen LogP contribution in [0.15, 0.2) is 12.3 Å². The zero-order valence-corrected chi connectivity index (χ0v) is 7.03. The summed E-state index contributed by atoms with van der Waals surface area (Å²) < 4.78 is 0. The van der Waals surface area contributed by atoms with E-state index in [9.17, 15) is 4.79 Å². The number of carboxylic acids is 1. The molecule has 0 amide bonds. The van der Waals surface area contributed by atoms with Gasteiger partial charge in [0.25, 0.3) is 0 Å². The molecule has 1 rings (SSSR count). The molecule has 0 bridgehead atoms. The van der Waals surface area contributed by atoms with Crippen molar-refractivity contribution in [2.24, 2.45) is 5.73 Å². The number of rotatable bonds is 4. The molecule has 5 nitrogen and oxygen atoms in total. The number of hydrogen-bond donors (Lipinski definition) is 3. The van der Waals surface area contributed by atoms with E-state index < -0.39 is 5.97 Å². The fourth-order valence-corrected chi connectivity index (χ4v) is 0.900. The maximum Gasteiger partial charge on any atom is 0.354 e. The summed E-state index contributed by atoms with van der Waals surface area (Å²) in [5.41, 5.74) is 5.95. The van der Waals surface area contributed by atoms with Crippen molar-refractivity contribution in [3.63, 3.8) is 0 Å². The van der Waals surface area contributed by atoms with E-state index >= 15 is 0 Å². The second kappa shape index (κ2) is 4.42. The van der Waals surface area contributed by atoms with Gasteiger partial charge in [0.2, 0.25) is 0 Å². The molecular weight excluding hydrogens is 170 g/mol. The van der Waals surface area contributed by atoms with E-state index in [4.69, 9.17) is 10.8 Å². The molecule has 0 aliphatic heterocycles. The maximum absolute atomic E-state index is 10.6. The number of H-pyrrole nitrogens is 1. The van der Waals surface area contributed by atoms with Crippen molar-refractivity contribution < 1.29 is 9.90 Å². The number of nitrogens with two attached hydrogens (primary N) is 1. The Morgan fingerprint density at radius 3 is 3.15 bits per heavy atom. The van der Waals surface area contributed by atoms with Crippen molar-refractivity contribution in [1.82, 2.24) is 10.2 Å². The molecule has 0 radical (unpaired) electrons. The minimum atomic E-state index is -1.01. The molecule has 0 aliphatic carbocycles. The van der Waals surface area contributed by atoms with Crippen molar-refractivity contribution >= 4 is 12.0 Å². The van der Waals surface area contributed by atoms with Crippen LogP contribution in [0.2, 0.25) is 0 Å². The van der Waals surface area contributed by atoms with E-state index in [-0.39, 0.29) is 5.69 Å². The molecule has 0 unspecified atom stereocenters. The third-order valence-electron chi connectivity index (χ3n) is 1.51. The predicted octanol–water partition coefficient (Wildman–Crippen LogP) is 0.470. The topological polar surface area (TPSA) is 92.0 Å². The van der Waals surface area contributed by atoms with Gasteiger partial charge in [0.15, 0.2) is 5.69 Å². The Hall–Kier alpha value is -1.62. The second-order valence-electron chi connectivity index (χ2n) is 2.49. The second-order valence-corrected chi connectivity index (χ2v) is 2.49. The molecule has 0 saturated carbocycles. The Bertz CT molecular complexity index is 317. The molecule has 1 aromatic heterocycles. The fourth-order valence-electron chi connectivity index (χ4n) is 0.900. The molecule has 70 valence electrons. The van der Waals surface area contributed by atoms with Gasteiger partial charge in [-0.15, -0.1) is 0 Å². The molecular formula is C8H11N3O2. The van der Waals surface area contributed by atoms with Crippen LogP contribution < -0.4 is 5.73 Å². The first-order valence-corrected chi connectivity index (χ1v) is 3.89. The first-order valence-electron chi connectivity index (χ1n) is 3.89. The van der Waals surface area contributed by atoms with Crippen LogP contribution in [0.3, 0.4) is 0 Å². The standard InChI is InChI=1S/C8H11N3O2/c9-4-2-1-3-6-5-10-11-7(6)8(12)13/h1,3,5H,2,4,9H2,(H,10,11)(H,12,13). The first kappa shape index (κ1) is 9.47. The van der Waals surface area contributed by atoms with Crippen LogP contribution in [0.5, 0.6) is 0 Å². The number of carbonyl (C=O) groups is 1. The highest BCUT2D eigenvalue weighted by molar-refractivity contribution is 5.89. The predicted molar refractivity (Wildman–Crippen MR) is 48.3 cm³/mol. The average Bonchev–Trinajstić information content (AvgIpc) is 2.53. The molecule has 0 aromatic carbocycles. The van der Waals surface area contributed by atoms with E-state index in [1.165, 1.54) is 6.20 Å². The molecule has 4 N–H and O–H groups in total. The van der Waals surface area contributed by atoms with Crippen LogP contribution >= 0.6 is 0 Å². The zero-order chi connectivity index (χ0) is 9.68. The summed E-state index contributed by atoms with van der Waals surface area (Å²) in [7, 11) is 0. The minimum Gasteiger partial charge on any atom is -0.477 e. The van der Waals surface area contributed by atoms with Gasteiger partial charge in [-0.05, 0) is 13.0 Å². The van der Waals surface area contributed by atoms with Gasteiger partial charge in [0.05, 0.1) is 6.20 Å². The van der Waals surface area contributed by atoms with Gasteiger partial charge >= 0.3 is 5.97 Å². The number of aromatic nitrogens is 2. The minimum absolute atomic E-state index is 0.105. The van der Waals surface area contributed by atoms with Gasteiger partial charge < -0.3 is 10.8 Å². The highest BCUT2D eigenvalue weighted by Crippen LogP contribution is 2.06. The SMILES string of the molecule is NCCC=Cc1cn[nH]c1C(=O)O. The lowest BCUT2D eigenvalue weighted by atomic mass is 10.2. The van der Waals surface area contributed by atoms with Gasteiger partial charge in [-0.25, -0.2) is 4.79 Å². The fraction of sp³-hybridized carbons (Fsp3) is 0.250. The molecule has 0 fully saturated rings. The Labute approximate surface area is 75.3 Å². The van der Waals surface area contributed by atoms with E-state index in [2.05, 4.69) is 10.2 Å². The largest absolute Gasteiger partial charge is 0.477 e. The van der Waals surface area contributed by atoms with E-state index in [1.807, 2.05) is 6.08 Å². The van der Waals surface area contributed by atoms with Crippen LogP contribution in [0, 0.1) is 0 Å². The van der Waals surface area contributed by atoms with Gasteiger partial charge in [-0.1, -0.05) is 12.2 Å². The van der Waals surface area contributed by atoms with Crippen molar-refractivity contribution in [3.8, 4) is 0 Å². The monoisotopic (exact) mass is 181 g/mol. The Morgan fingerprint density at radius 1 is 1.77 bits per heavy atom. The lowest BCUT2D eigenvalue weighted by molar-refractivity contribution is 0.0690. The lowest BCUT2D eigenvalue weighted by Gasteiger charge is -1.90.